The van der Waals surface area contributed by atoms with Crippen LogP contribution in [-0.2, 0) is 21.3 Å². The monoisotopic (exact) mass is 361 g/mol. The number of hydrogen-bond donors (Lipinski definition) is 2. The second kappa shape index (κ2) is 7.19. The van der Waals surface area contributed by atoms with Crippen molar-refractivity contribution in [1.82, 2.24) is 5.32 Å². The van der Waals surface area contributed by atoms with E-state index in [0.717, 1.165) is 29.8 Å². The van der Waals surface area contributed by atoms with Crippen molar-refractivity contribution in [2.24, 2.45) is 0 Å². The van der Waals surface area contributed by atoms with Crippen LogP contribution in [-0.4, -0.2) is 57.5 Å². The maximum absolute atomic E-state index is 10.7. The lowest BCUT2D eigenvalue weighted by atomic mass is 9.68. The lowest BCUT2D eigenvalue weighted by Gasteiger charge is -2.38. The average molecular weight is 361 g/mol. The smallest absolute Gasteiger partial charge is 0.166 e. The van der Waals surface area contributed by atoms with Gasteiger partial charge in [-0.1, -0.05) is 18.2 Å². The Balaban J connectivity index is 1.82. The Morgan fingerprint density at radius 1 is 1.31 bits per heavy atom. The second-order valence-electron chi connectivity index (χ2n) is 7.14. The van der Waals surface area contributed by atoms with Crippen LogP contribution in [0.5, 0.6) is 11.5 Å². The molecule has 0 bridgehead atoms. The van der Waals surface area contributed by atoms with Gasteiger partial charge in [0.2, 0.25) is 0 Å². The molecule has 142 valence electrons. The quantitative estimate of drug-likeness (QED) is 0.749. The highest BCUT2D eigenvalue weighted by molar-refractivity contribution is 5.60. The summed E-state index contributed by atoms with van der Waals surface area (Å²) < 4.78 is 23.2. The van der Waals surface area contributed by atoms with Gasteiger partial charge in [0.05, 0.1) is 31.8 Å². The predicted molar refractivity (Wildman–Crippen MR) is 96.8 cm³/mol. The van der Waals surface area contributed by atoms with Gasteiger partial charge in [-0.25, -0.2) is 0 Å². The zero-order valence-electron chi connectivity index (χ0n) is 15.4. The summed E-state index contributed by atoms with van der Waals surface area (Å²) in [5, 5.41) is 13.9. The molecule has 6 nitrogen and oxygen atoms in total. The third-order valence-electron chi connectivity index (χ3n) is 5.65. The first-order valence-electron chi connectivity index (χ1n) is 9.30. The van der Waals surface area contributed by atoms with Crippen LogP contribution >= 0.6 is 0 Å². The van der Waals surface area contributed by atoms with Crippen molar-refractivity contribution in [3.8, 4) is 11.5 Å². The fourth-order valence-electron chi connectivity index (χ4n) is 4.47. The molecule has 3 atom stereocenters. The van der Waals surface area contributed by atoms with Crippen LogP contribution in [0.4, 0.5) is 0 Å². The van der Waals surface area contributed by atoms with Gasteiger partial charge in [-0.3, -0.25) is 0 Å². The van der Waals surface area contributed by atoms with Crippen molar-refractivity contribution in [3.05, 3.63) is 35.4 Å². The number of nitrogens with one attached hydrogen (secondary N) is 1. The molecule has 1 fully saturated rings. The average Bonchev–Trinajstić information content (AvgIpc) is 3.27. The van der Waals surface area contributed by atoms with Crippen molar-refractivity contribution in [1.29, 1.82) is 0 Å². The topological polar surface area (TPSA) is 69.2 Å². The van der Waals surface area contributed by atoms with Crippen LogP contribution in [0.3, 0.4) is 0 Å². The van der Waals surface area contributed by atoms with E-state index >= 15 is 0 Å². The Morgan fingerprint density at radius 2 is 2.12 bits per heavy atom. The van der Waals surface area contributed by atoms with Gasteiger partial charge in [-0.15, -0.1) is 0 Å². The van der Waals surface area contributed by atoms with Crippen molar-refractivity contribution < 1.29 is 24.1 Å². The molecule has 1 saturated heterocycles. The molecule has 0 saturated carbocycles. The van der Waals surface area contributed by atoms with Gasteiger partial charge in [-0.2, -0.15) is 0 Å². The molecule has 4 rings (SSSR count). The molecule has 3 aliphatic rings. The summed E-state index contributed by atoms with van der Waals surface area (Å²) in [6.45, 7) is 2.08. The van der Waals surface area contributed by atoms with E-state index in [0.29, 0.717) is 31.8 Å². The van der Waals surface area contributed by atoms with Crippen LogP contribution in [0.15, 0.2) is 24.3 Å². The molecular weight excluding hydrogens is 334 g/mol. The fraction of sp³-hybridized carbons (Fsp3) is 0.600. The van der Waals surface area contributed by atoms with E-state index in [1.807, 2.05) is 13.1 Å². The molecule has 2 N–H and O–H groups in total. The minimum atomic E-state index is -0.541. The molecule has 1 aromatic rings. The van der Waals surface area contributed by atoms with E-state index in [1.165, 1.54) is 0 Å². The van der Waals surface area contributed by atoms with Crippen molar-refractivity contribution in [3.63, 3.8) is 0 Å². The number of aliphatic hydroxyl groups is 1. The number of fused-ring (bicyclic) bond motifs is 3. The van der Waals surface area contributed by atoms with Gasteiger partial charge < -0.3 is 29.4 Å². The van der Waals surface area contributed by atoms with Gasteiger partial charge in [0.25, 0.3) is 0 Å². The number of methoxy groups -OCH3 is 1. The SMILES string of the molecule is CNCC[C@]12C=CC[C@H](O)[C@H]1Oc1c(OC)ccc(CC3OCCO3)c12. The molecule has 0 unspecified atom stereocenters. The zero-order chi connectivity index (χ0) is 18.1. The van der Waals surface area contributed by atoms with E-state index in [9.17, 15) is 5.11 Å². The minimum Gasteiger partial charge on any atom is -0.493 e. The Bertz CT molecular complexity index is 685. The molecule has 26 heavy (non-hydrogen) atoms. The van der Waals surface area contributed by atoms with Crippen LogP contribution < -0.4 is 14.8 Å². The molecule has 2 heterocycles. The number of rotatable bonds is 6. The first-order valence-corrected chi connectivity index (χ1v) is 9.30. The molecule has 1 aromatic carbocycles. The van der Waals surface area contributed by atoms with Gasteiger partial charge in [0, 0.05) is 12.0 Å². The molecular formula is C20H27NO5. The van der Waals surface area contributed by atoms with E-state index in [2.05, 4.69) is 23.5 Å². The largest absolute Gasteiger partial charge is 0.493 e. The zero-order valence-corrected chi connectivity index (χ0v) is 15.4. The highest BCUT2D eigenvalue weighted by Gasteiger charge is 2.53. The van der Waals surface area contributed by atoms with Crippen LogP contribution in [0.2, 0.25) is 0 Å². The predicted octanol–water partition coefficient (Wildman–Crippen LogP) is 1.54. The van der Waals surface area contributed by atoms with Gasteiger partial charge >= 0.3 is 0 Å². The van der Waals surface area contributed by atoms with Gasteiger partial charge in [0.1, 0.15) is 6.10 Å². The van der Waals surface area contributed by atoms with E-state index in [4.69, 9.17) is 18.9 Å². The van der Waals surface area contributed by atoms with Crippen LogP contribution in [0.1, 0.15) is 24.0 Å². The summed E-state index contributed by atoms with van der Waals surface area (Å²) in [6, 6.07) is 4.01. The Hall–Kier alpha value is -1.60. The Morgan fingerprint density at radius 3 is 2.85 bits per heavy atom. The maximum Gasteiger partial charge on any atom is 0.166 e. The summed E-state index contributed by atoms with van der Waals surface area (Å²) in [5.41, 5.74) is 1.86. The molecule has 0 spiro atoms. The number of ether oxygens (including phenoxy) is 4. The molecule has 0 radical (unpaired) electrons. The Kier molecular flexibility index (Phi) is 4.92. The highest BCUT2D eigenvalue weighted by atomic mass is 16.7. The van der Waals surface area contributed by atoms with Crippen molar-refractivity contribution in [2.45, 2.75) is 43.2 Å². The summed E-state index contributed by atoms with van der Waals surface area (Å²) in [6.07, 6.45) is 5.30. The van der Waals surface area contributed by atoms with Crippen molar-refractivity contribution >= 4 is 0 Å². The van der Waals surface area contributed by atoms with E-state index in [1.54, 1.807) is 7.11 Å². The molecule has 0 amide bonds. The molecule has 1 aliphatic carbocycles. The van der Waals surface area contributed by atoms with E-state index < -0.39 is 6.10 Å². The number of aliphatic hydroxyl groups excluding tert-OH is 1. The van der Waals surface area contributed by atoms with Crippen LogP contribution in [0.25, 0.3) is 0 Å². The first kappa shape index (κ1) is 17.8. The highest BCUT2D eigenvalue weighted by Crippen LogP contribution is 2.54. The third kappa shape index (κ3) is 2.81. The van der Waals surface area contributed by atoms with Crippen LogP contribution in [0, 0.1) is 0 Å². The summed E-state index contributed by atoms with van der Waals surface area (Å²) in [7, 11) is 3.59. The lowest BCUT2D eigenvalue weighted by molar-refractivity contribution is -0.0403. The lowest BCUT2D eigenvalue weighted by Crippen LogP contribution is -2.48. The fourth-order valence-corrected chi connectivity index (χ4v) is 4.47. The first-order chi connectivity index (χ1) is 12.7. The molecule has 2 aliphatic heterocycles. The summed E-state index contributed by atoms with van der Waals surface area (Å²) in [5.74, 6) is 1.45. The minimum absolute atomic E-state index is 0.231. The van der Waals surface area contributed by atoms with Gasteiger partial charge in [0.15, 0.2) is 17.8 Å². The number of hydrogen-bond acceptors (Lipinski definition) is 6. The van der Waals surface area contributed by atoms with Crippen molar-refractivity contribution in [2.75, 3.05) is 33.9 Å². The van der Waals surface area contributed by atoms with Gasteiger partial charge in [-0.05, 0) is 38.1 Å². The standard InChI is InChI=1S/C20H27NO5/c1-21-9-8-20-7-3-4-14(22)19(20)26-18-15(23-2)6-5-13(17(18)20)12-16-24-10-11-25-16/h3,5-7,14,16,19,21-22H,4,8-12H2,1-2H3/t14-,19+,20-/m0/s1. The van der Waals surface area contributed by atoms with E-state index in [-0.39, 0.29) is 17.8 Å². The Labute approximate surface area is 154 Å². The third-order valence-corrected chi connectivity index (χ3v) is 5.65. The second-order valence-corrected chi connectivity index (χ2v) is 7.14. The normalized spacial score (nSPS) is 30.1. The summed E-state index contributed by atoms with van der Waals surface area (Å²) in [4.78, 5) is 0. The maximum atomic E-state index is 10.7. The molecule has 0 aromatic heterocycles. The number of benzene rings is 1. The molecule has 6 heteroatoms. The summed E-state index contributed by atoms with van der Waals surface area (Å²) >= 11 is 0.